The number of carbonyl (C=O) groups is 1. The van der Waals surface area contributed by atoms with Gasteiger partial charge in [0.05, 0.1) is 12.2 Å². The number of benzene rings is 1. The fraction of sp³-hybridized carbons (Fsp3) is 0.312. The number of esters is 1. The summed E-state index contributed by atoms with van der Waals surface area (Å²) >= 11 is 5.32. The lowest BCUT2D eigenvalue weighted by atomic mass is 10.2. The number of hydrogen-bond acceptors (Lipinski definition) is 7. The number of nitrogens with one attached hydrogen (secondary N) is 1. The molecule has 8 nitrogen and oxygen atoms in total. The van der Waals surface area contributed by atoms with Gasteiger partial charge in [-0.05, 0) is 18.2 Å². The molecule has 0 bridgehead atoms. The molecule has 11 heteroatoms. The van der Waals surface area contributed by atoms with Gasteiger partial charge >= 0.3 is 11.7 Å². The normalized spacial score (nSPS) is 13.2. The standard InChI is InChI=1S/C16H16ClF2N3O5/c17-21-12-6-7-22(16(25)20-12)9-26-11(8-23)13(14(18)19)27-15(24)10-4-2-1-3-5-10/h1-7,11,13-14,23H,8-9H2,(H,20,21,25)/t11-,13+/m1/s1. The van der Waals surface area contributed by atoms with Crippen LogP contribution in [0, 0.1) is 0 Å². The molecule has 0 aliphatic rings. The van der Waals surface area contributed by atoms with Crippen LogP contribution in [-0.2, 0) is 16.2 Å². The predicted octanol–water partition coefficient (Wildman–Crippen LogP) is 1.63. The quantitative estimate of drug-likeness (QED) is 0.484. The first-order valence-corrected chi connectivity index (χ1v) is 8.04. The Hall–Kier alpha value is -2.56. The summed E-state index contributed by atoms with van der Waals surface area (Å²) in [6, 6.07) is 8.90. The lowest BCUT2D eigenvalue weighted by Crippen LogP contribution is -2.42. The second kappa shape index (κ2) is 9.95. The van der Waals surface area contributed by atoms with E-state index in [2.05, 4.69) is 9.82 Å². The zero-order valence-electron chi connectivity index (χ0n) is 13.8. The number of rotatable bonds is 9. The molecule has 1 heterocycles. The fourth-order valence-corrected chi connectivity index (χ4v) is 2.17. The molecule has 0 aliphatic carbocycles. The molecular formula is C16H16ClF2N3O5. The fourth-order valence-electron chi connectivity index (χ4n) is 2.06. The van der Waals surface area contributed by atoms with Gasteiger partial charge in [0.1, 0.15) is 18.7 Å². The van der Waals surface area contributed by atoms with Crippen molar-refractivity contribution >= 4 is 23.6 Å². The zero-order chi connectivity index (χ0) is 19.8. The van der Waals surface area contributed by atoms with E-state index in [9.17, 15) is 23.5 Å². The highest BCUT2D eigenvalue weighted by Gasteiger charge is 2.34. The van der Waals surface area contributed by atoms with E-state index in [4.69, 9.17) is 21.3 Å². The summed E-state index contributed by atoms with van der Waals surface area (Å²) < 4.78 is 37.6. The summed E-state index contributed by atoms with van der Waals surface area (Å²) in [4.78, 5) is 29.4. The van der Waals surface area contributed by atoms with Crippen LogP contribution in [0.25, 0.3) is 0 Å². The summed E-state index contributed by atoms with van der Waals surface area (Å²) in [5.41, 5.74) is -0.684. The highest BCUT2D eigenvalue weighted by Crippen LogP contribution is 2.16. The minimum absolute atomic E-state index is 0.0735. The van der Waals surface area contributed by atoms with E-state index in [-0.39, 0.29) is 11.4 Å². The molecule has 0 amide bonds. The average Bonchev–Trinajstić information content (AvgIpc) is 2.68. The topological polar surface area (TPSA) is 103 Å². The van der Waals surface area contributed by atoms with Crippen molar-refractivity contribution in [2.45, 2.75) is 25.4 Å². The van der Waals surface area contributed by atoms with E-state index >= 15 is 0 Å². The van der Waals surface area contributed by atoms with Gasteiger partial charge in [-0.25, -0.2) is 18.4 Å². The second-order valence-corrected chi connectivity index (χ2v) is 5.44. The number of carbonyl (C=O) groups excluding carboxylic acids is 1. The van der Waals surface area contributed by atoms with Crippen molar-refractivity contribution < 1.29 is 28.2 Å². The first-order valence-electron chi connectivity index (χ1n) is 7.67. The summed E-state index contributed by atoms with van der Waals surface area (Å²) in [6.07, 6.45) is -5.44. The van der Waals surface area contributed by atoms with Crippen LogP contribution in [-0.4, -0.2) is 45.9 Å². The molecule has 0 saturated heterocycles. The number of aliphatic hydroxyl groups excluding tert-OH is 1. The van der Waals surface area contributed by atoms with Crippen molar-refractivity contribution in [1.29, 1.82) is 0 Å². The number of nitrogens with zero attached hydrogens (tertiary/aromatic N) is 2. The molecule has 0 unspecified atom stereocenters. The van der Waals surface area contributed by atoms with Crippen molar-refractivity contribution in [1.82, 2.24) is 9.55 Å². The number of hydrogen-bond donors (Lipinski definition) is 2. The highest BCUT2D eigenvalue weighted by molar-refractivity contribution is 6.23. The minimum atomic E-state index is -3.12. The molecule has 0 aliphatic heterocycles. The Morgan fingerprint density at radius 2 is 2.00 bits per heavy atom. The van der Waals surface area contributed by atoms with Gasteiger partial charge in [-0.3, -0.25) is 9.40 Å². The maximum atomic E-state index is 13.3. The third kappa shape index (κ3) is 5.71. The Morgan fingerprint density at radius 1 is 1.30 bits per heavy atom. The largest absolute Gasteiger partial charge is 0.450 e. The second-order valence-electron chi connectivity index (χ2n) is 5.25. The van der Waals surface area contributed by atoms with E-state index in [0.29, 0.717) is 0 Å². The van der Waals surface area contributed by atoms with Crippen LogP contribution >= 0.6 is 11.8 Å². The van der Waals surface area contributed by atoms with Crippen LogP contribution in [0.1, 0.15) is 10.4 Å². The van der Waals surface area contributed by atoms with E-state index in [1.54, 1.807) is 18.2 Å². The van der Waals surface area contributed by atoms with Gasteiger partial charge in [-0.15, -0.1) is 0 Å². The monoisotopic (exact) mass is 403 g/mol. The van der Waals surface area contributed by atoms with Gasteiger partial charge in [0.2, 0.25) is 0 Å². The van der Waals surface area contributed by atoms with Crippen molar-refractivity contribution in [2.24, 2.45) is 0 Å². The van der Waals surface area contributed by atoms with Crippen LogP contribution in [0.3, 0.4) is 0 Å². The van der Waals surface area contributed by atoms with Gasteiger partial charge in [0.25, 0.3) is 6.43 Å². The van der Waals surface area contributed by atoms with Crippen LogP contribution in [0.15, 0.2) is 47.4 Å². The van der Waals surface area contributed by atoms with Crippen LogP contribution in [0.5, 0.6) is 0 Å². The number of ether oxygens (including phenoxy) is 2. The molecule has 0 radical (unpaired) electrons. The van der Waals surface area contributed by atoms with Crippen molar-refractivity contribution in [3.63, 3.8) is 0 Å². The maximum absolute atomic E-state index is 13.3. The lowest BCUT2D eigenvalue weighted by Gasteiger charge is -2.25. The summed E-state index contributed by atoms with van der Waals surface area (Å²) in [5, 5.41) is 9.38. The number of anilines is 1. The Kier molecular flexibility index (Phi) is 7.65. The van der Waals surface area contributed by atoms with E-state index in [0.717, 1.165) is 4.57 Å². The van der Waals surface area contributed by atoms with Crippen molar-refractivity contribution in [2.75, 3.05) is 11.4 Å². The van der Waals surface area contributed by atoms with Crippen molar-refractivity contribution in [3.05, 3.63) is 58.6 Å². The average molecular weight is 404 g/mol. The summed E-state index contributed by atoms with van der Waals surface area (Å²) in [5.74, 6) is -0.891. The molecule has 0 spiro atoms. The Bertz CT molecular complexity index is 806. The van der Waals surface area contributed by atoms with Gasteiger partial charge < -0.3 is 14.6 Å². The third-order valence-electron chi connectivity index (χ3n) is 3.45. The SMILES string of the molecule is O=C(O[C@H](C(F)F)[C@@H](CO)OCn1ccc(NCl)nc1=O)c1ccccc1. The molecule has 2 atom stereocenters. The molecule has 2 rings (SSSR count). The maximum Gasteiger partial charge on any atom is 0.351 e. The first-order chi connectivity index (χ1) is 13.0. The molecule has 1 aromatic heterocycles. The van der Waals surface area contributed by atoms with E-state index in [1.165, 1.54) is 24.4 Å². The number of alkyl halides is 2. The van der Waals surface area contributed by atoms with E-state index < -0.39 is 43.6 Å². The van der Waals surface area contributed by atoms with Crippen LogP contribution in [0.4, 0.5) is 14.6 Å². The smallest absolute Gasteiger partial charge is 0.351 e. The molecule has 0 fully saturated rings. The van der Waals surface area contributed by atoms with E-state index in [1.807, 2.05) is 0 Å². The minimum Gasteiger partial charge on any atom is -0.450 e. The molecule has 0 saturated carbocycles. The highest BCUT2D eigenvalue weighted by atomic mass is 35.5. The van der Waals surface area contributed by atoms with Crippen LogP contribution < -0.4 is 10.5 Å². The lowest BCUT2D eigenvalue weighted by molar-refractivity contribution is -0.138. The molecule has 27 heavy (non-hydrogen) atoms. The number of aromatic nitrogens is 2. The first kappa shape index (κ1) is 20.7. The molecule has 1 aromatic carbocycles. The van der Waals surface area contributed by atoms with Gasteiger partial charge in [0.15, 0.2) is 6.10 Å². The Labute approximate surface area is 157 Å². The third-order valence-corrected chi connectivity index (χ3v) is 3.64. The van der Waals surface area contributed by atoms with Crippen molar-refractivity contribution in [3.8, 4) is 0 Å². The zero-order valence-corrected chi connectivity index (χ0v) is 14.6. The number of halogens is 3. The van der Waals surface area contributed by atoms with Gasteiger partial charge in [-0.1, -0.05) is 18.2 Å². The molecule has 2 aromatic rings. The summed E-state index contributed by atoms with van der Waals surface area (Å²) in [7, 11) is 0. The summed E-state index contributed by atoms with van der Waals surface area (Å²) in [6.45, 7) is -1.35. The van der Waals surface area contributed by atoms with Gasteiger partial charge in [0, 0.05) is 18.0 Å². The van der Waals surface area contributed by atoms with Crippen LogP contribution in [0.2, 0.25) is 0 Å². The predicted molar refractivity (Wildman–Crippen MR) is 91.6 cm³/mol. The number of aliphatic hydroxyl groups is 1. The molecule has 2 N–H and O–H groups in total. The van der Waals surface area contributed by atoms with Gasteiger partial charge in [-0.2, -0.15) is 4.98 Å². The molecular weight excluding hydrogens is 388 g/mol. The Morgan fingerprint density at radius 3 is 2.56 bits per heavy atom. The molecule has 146 valence electrons. The Balaban J connectivity index is 2.07.